The van der Waals surface area contributed by atoms with Crippen molar-refractivity contribution >= 4 is 11.7 Å². The summed E-state index contributed by atoms with van der Waals surface area (Å²) in [4.78, 5) is 18.7. The first kappa shape index (κ1) is 11.3. The van der Waals surface area contributed by atoms with E-state index in [4.69, 9.17) is 5.11 Å². The maximum absolute atomic E-state index is 12.9. The van der Waals surface area contributed by atoms with Gasteiger partial charge >= 0.3 is 5.97 Å². The van der Waals surface area contributed by atoms with Gasteiger partial charge in [-0.2, -0.15) is 14.6 Å². The molecule has 1 aromatic carbocycles. The fourth-order valence-electron chi connectivity index (χ4n) is 1.75. The van der Waals surface area contributed by atoms with Gasteiger partial charge in [0.05, 0.1) is 5.69 Å². The van der Waals surface area contributed by atoms with Crippen LogP contribution in [0.1, 0.15) is 10.5 Å². The van der Waals surface area contributed by atoms with Gasteiger partial charge in [-0.05, 0) is 30.3 Å². The lowest BCUT2D eigenvalue weighted by Gasteiger charge is -2.05. The Hall–Kier alpha value is -2.83. The largest absolute Gasteiger partial charge is 0.477 e. The van der Waals surface area contributed by atoms with Crippen molar-refractivity contribution in [3.05, 3.63) is 48.2 Å². The molecule has 94 valence electrons. The lowest BCUT2D eigenvalue weighted by Crippen LogP contribution is -2.05. The summed E-state index contributed by atoms with van der Waals surface area (Å²) >= 11 is 0. The summed E-state index contributed by atoms with van der Waals surface area (Å²) in [5, 5.41) is 13.0. The number of hydrogen-bond donors (Lipinski definition) is 1. The zero-order valence-electron chi connectivity index (χ0n) is 9.49. The van der Waals surface area contributed by atoms with E-state index >= 15 is 0 Å². The Balaban J connectivity index is 2.29. The summed E-state index contributed by atoms with van der Waals surface area (Å²) in [5.74, 6) is -1.35. The van der Waals surface area contributed by atoms with Gasteiger partial charge in [0, 0.05) is 5.56 Å². The standard InChI is InChI=1S/C12H7FN4O2/c13-8-3-1-7(2-4-8)10-5-9(11(18)19)16-12-14-6-15-17(10)12/h1-6H,(H,18,19). The third-order valence-corrected chi connectivity index (χ3v) is 2.61. The molecule has 7 heteroatoms. The van der Waals surface area contributed by atoms with Crippen LogP contribution in [0, 0.1) is 5.82 Å². The minimum atomic E-state index is -1.16. The van der Waals surface area contributed by atoms with Crippen molar-refractivity contribution in [2.75, 3.05) is 0 Å². The summed E-state index contributed by atoms with van der Waals surface area (Å²) < 4.78 is 14.3. The molecule has 0 saturated heterocycles. The van der Waals surface area contributed by atoms with E-state index in [-0.39, 0.29) is 17.3 Å². The van der Waals surface area contributed by atoms with Gasteiger partial charge in [-0.1, -0.05) is 0 Å². The Morgan fingerprint density at radius 2 is 2.00 bits per heavy atom. The van der Waals surface area contributed by atoms with Crippen molar-refractivity contribution in [1.82, 2.24) is 19.6 Å². The van der Waals surface area contributed by atoms with E-state index in [0.29, 0.717) is 11.3 Å². The van der Waals surface area contributed by atoms with Crippen molar-refractivity contribution in [1.29, 1.82) is 0 Å². The molecule has 0 fully saturated rings. The van der Waals surface area contributed by atoms with Crippen LogP contribution < -0.4 is 0 Å². The van der Waals surface area contributed by atoms with E-state index in [1.807, 2.05) is 0 Å². The number of aromatic nitrogens is 4. The van der Waals surface area contributed by atoms with Gasteiger partial charge in [0.2, 0.25) is 0 Å². The third-order valence-electron chi connectivity index (χ3n) is 2.61. The van der Waals surface area contributed by atoms with E-state index in [1.165, 1.54) is 41.2 Å². The Labute approximate surface area is 106 Å². The normalized spacial score (nSPS) is 10.8. The molecule has 0 aliphatic carbocycles. The number of rotatable bonds is 2. The van der Waals surface area contributed by atoms with Crippen molar-refractivity contribution in [3.8, 4) is 11.3 Å². The highest BCUT2D eigenvalue weighted by molar-refractivity contribution is 5.87. The monoisotopic (exact) mass is 258 g/mol. The van der Waals surface area contributed by atoms with Crippen LogP contribution in [-0.4, -0.2) is 30.7 Å². The van der Waals surface area contributed by atoms with Crippen LogP contribution in [0.15, 0.2) is 36.7 Å². The fourth-order valence-corrected chi connectivity index (χ4v) is 1.75. The molecule has 0 spiro atoms. The predicted octanol–water partition coefficient (Wildman–Crippen LogP) is 1.63. The SMILES string of the molecule is O=C(O)c1cc(-c2ccc(F)cc2)n2ncnc2n1. The second kappa shape index (κ2) is 4.13. The maximum atomic E-state index is 12.9. The molecule has 0 aliphatic heterocycles. The first-order valence-electron chi connectivity index (χ1n) is 5.35. The Morgan fingerprint density at radius 3 is 2.68 bits per heavy atom. The molecule has 0 bridgehead atoms. The molecule has 0 saturated carbocycles. The molecule has 3 rings (SSSR count). The van der Waals surface area contributed by atoms with Crippen LogP contribution in [0.3, 0.4) is 0 Å². The van der Waals surface area contributed by atoms with E-state index in [2.05, 4.69) is 15.1 Å². The lowest BCUT2D eigenvalue weighted by molar-refractivity contribution is 0.0690. The van der Waals surface area contributed by atoms with E-state index in [1.54, 1.807) is 0 Å². The molecule has 0 amide bonds. The molecule has 2 heterocycles. The van der Waals surface area contributed by atoms with Crippen LogP contribution in [-0.2, 0) is 0 Å². The maximum Gasteiger partial charge on any atom is 0.354 e. The van der Waals surface area contributed by atoms with Gasteiger partial charge < -0.3 is 5.11 Å². The van der Waals surface area contributed by atoms with E-state index in [9.17, 15) is 9.18 Å². The number of benzene rings is 1. The predicted molar refractivity (Wildman–Crippen MR) is 63.1 cm³/mol. The van der Waals surface area contributed by atoms with Gasteiger partial charge in [0.15, 0.2) is 5.69 Å². The summed E-state index contributed by atoms with van der Waals surface area (Å²) in [6, 6.07) is 7.03. The molecule has 19 heavy (non-hydrogen) atoms. The first-order chi connectivity index (χ1) is 9.15. The molecule has 1 N–H and O–H groups in total. The molecule has 3 aromatic rings. The van der Waals surface area contributed by atoms with Gasteiger partial charge in [-0.25, -0.2) is 14.2 Å². The summed E-state index contributed by atoms with van der Waals surface area (Å²) in [5.41, 5.74) is 0.974. The number of nitrogens with zero attached hydrogens (tertiary/aromatic N) is 4. The van der Waals surface area contributed by atoms with Gasteiger partial charge in [0.25, 0.3) is 5.78 Å². The van der Waals surface area contributed by atoms with Gasteiger partial charge in [0.1, 0.15) is 12.1 Å². The van der Waals surface area contributed by atoms with E-state index < -0.39 is 5.97 Å². The number of halogens is 1. The Kier molecular flexibility index (Phi) is 2.45. The zero-order chi connectivity index (χ0) is 13.4. The summed E-state index contributed by atoms with van der Waals surface area (Å²) in [6.07, 6.45) is 1.28. The van der Waals surface area contributed by atoms with Crippen molar-refractivity contribution < 1.29 is 14.3 Å². The fraction of sp³-hybridized carbons (Fsp3) is 0. The number of carboxylic acid groups (broad SMARTS) is 1. The molecular formula is C12H7FN4O2. The average molecular weight is 258 g/mol. The molecule has 0 radical (unpaired) electrons. The minimum absolute atomic E-state index is 0.139. The minimum Gasteiger partial charge on any atom is -0.477 e. The number of carbonyl (C=O) groups is 1. The molecule has 6 nitrogen and oxygen atoms in total. The lowest BCUT2D eigenvalue weighted by atomic mass is 10.1. The summed E-state index contributed by atoms with van der Waals surface area (Å²) in [7, 11) is 0. The highest BCUT2D eigenvalue weighted by Crippen LogP contribution is 2.20. The highest BCUT2D eigenvalue weighted by Gasteiger charge is 2.13. The molecule has 0 unspecified atom stereocenters. The van der Waals surface area contributed by atoms with Crippen LogP contribution in [0.25, 0.3) is 17.0 Å². The number of aromatic carboxylic acids is 1. The van der Waals surface area contributed by atoms with Crippen LogP contribution in [0.2, 0.25) is 0 Å². The van der Waals surface area contributed by atoms with Gasteiger partial charge in [-0.3, -0.25) is 0 Å². The average Bonchev–Trinajstić information content (AvgIpc) is 2.86. The molecule has 0 aliphatic rings. The molecule has 0 atom stereocenters. The number of carboxylic acids is 1. The van der Waals surface area contributed by atoms with Crippen LogP contribution in [0.4, 0.5) is 4.39 Å². The van der Waals surface area contributed by atoms with Crippen molar-refractivity contribution in [2.45, 2.75) is 0 Å². The zero-order valence-corrected chi connectivity index (χ0v) is 9.49. The first-order valence-corrected chi connectivity index (χ1v) is 5.35. The summed E-state index contributed by atoms with van der Waals surface area (Å²) in [6.45, 7) is 0. The molecule has 2 aromatic heterocycles. The Morgan fingerprint density at radius 1 is 1.26 bits per heavy atom. The number of fused-ring (bicyclic) bond motifs is 1. The topological polar surface area (TPSA) is 80.4 Å². The van der Waals surface area contributed by atoms with Gasteiger partial charge in [-0.15, -0.1) is 0 Å². The highest BCUT2D eigenvalue weighted by atomic mass is 19.1. The van der Waals surface area contributed by atoms with Crippen LogP contribution in [0.5, 0.6) is 0 Å². The second-order valence-electron chi connectivity index (χ2n) is 3.81. The molecular weight excluding hydrogens is 251 g/mol. The number of hydrogen-bond acceptors (Lipinski definition) is 4. The Bertz CT molecular complexity index is 767. The third kappa shape index (κ3) is 1.90. The second-order valence-corrected chi connectivity index (χ2v) is 3.81. The van der Waals surface area contributed by atoms with Crippen molar-refractivity contribution in [3.63, 3.8) is 0 Å². The van der Waals surface area contributed by atoms with Crippen molar-refractivity contribution in [2.24, 2.45) is 0 Å². The van der Waals surface area contributed by atoms with E-state index in [0.717, 1.165) is 0 Å². The quantitative estimate of drug-likeness (QED) is 0.755. The smallest absolute Gasteiger partial charge is 0.354 e. The van der Waals surface area contributed by atoms with Crippen LogP contribution >= 0.6 is 0 Å².